The second kappa shape index (κ2) is 5.95. The molecule has 0 saturated carbocycles. The summed E-state index contributed by atoms with van der Waals surface area (Å²) in [6, 6.07) is 10.5. The summed E-state index contributed by atoms with van der Waals surface area (Å²) in [5.74, 6) is -0.247. The summed E-state index contributed by atoms with van der Waals surface area (Å²) in [5.41, 5.74) is 1.97. The molecular formula is C14H10BrCl2NO. The first-order valence-corrected chi connectivity index (χ1v) is 7.05. The fourth-order valence-electron chi connectivity index (χ4n) is 1.60. The second-order valence-electron chi connectivity index (χ2n) is 4.02. The molecule has 0 aromatic heterocycles. The highest BCUT2D eigenvalue weighted by Gasteiger charge is 2.12. The van der Waals surface area contributed by atoms with E-state index < -0.39 is 0 Å². The lowest BCUT2D eigenvalue weighted by atomic mass is 10.1. The summed E-state index contributed by atoms with van der Waals surface area (Å²) in [5, 5.41) is 3.84. The van der Waals surface area contributed by atoms with Crippen LogP contribution in [0.5, 0.6) is 0 Å². The van der Waals surface area contributed by atoms with E-state index in [9.17, 15) is 4.79 Å². The standard InChI is InChI=1S/C14H10BrCl2NO/c1-8-3-2-4-10(13(8)17)14(19)18-9-5-6-12(16)11(15)7-9/h2-7H,1H3,(H,18,19). The fraction of sp³-hybridized carbons (Fsp3) is 0.0714. The minimum atomic E-state index is -0.247. The van der Waals surface area contributed by atoms with Gasteiger partial charge in [0, 0.05) is 10.2 Å². The minimum Gasteiger partial charge on any atom is -0.322 e. The summed E-state index contributed by atoms with van der Waals surface area (Å²) in [4.78, 5) is 12.1. The zero-order valence-electron chi connectivity index (χ0n) is 10.0. The molecule has 0 bridgehead atoms. The van der Waals surface area contributed by atoms with Gasteiger partial charge in [0.15, 0.2) is 0 Å². The number of benzene rings is 2. The highest BCUT2D eigenvalue weighted by atomic mass is 79.9. The third-order valence-corrected chi connectivity index (χ3v) is 4.33. The maximum atomic E-state index is 12.1. The Morgan fingerprint density at radius 1 is 1.21 bits per heavy atom. The van der Waals surface area contributed by atoms with Crippen molar-refractivity contribution in [1.29, 1.82) is 0 Å². The Morgan fingerprint density at radius 3 is 2.63 bits per heavy atom. The third kappa shape index (κ3) is 3.30. The average Bonchev–Trinajstić information content (AvgIpc) is 2.37. The predicted molar refractivity (Wildman–Crippen MR) is 83.3 cm³/mol. The molecular weight excluding hydrogens is 349 g/mol. The van der Waals surface area contributed by atoms with E-state index in [-0.39, 0.29) is 5.91 Å². The molecule has 0 atom stereocenters. The molecule has 0 aliphatic carbocycles. The molecule has 1 amide bonds. The zero-order chi connectivity index (χ0) is 14.0. The highest BCUT2D eigenvalue weighted by Crippen LogP contribution is 2.26. The van der Waals surface area contributed by atoms with Gasteiger partial charge in [0.25, 0.3) is 5.91 Å². The first kappa shape index (κ1) is 14.4. The normalized spacial score (nSPS) is 10.3. The number of hydrogen-bond acceptors (Lipinski definition) is 1. The molecule has 5 heteroatoms. The van der Waals surface area contributed by atoms with Gasteiger partial charge in [-0.1, -0.05) is 35.3 Å². The summed E-state index contributed by atoms with van der Waals surface area (Å²) < 4.78 is 0.724. The first-order chi connectivity index (χ1) is 8.99. The van der Waals surface area contributed by atoms with Crippen molar-refractivity contribution in [3.63, 3.8) is 0 Å². The molecule has 2 aromatic carbocycles. The van der Waals surface area contributed by atoms with Crippen molar-refractivity contribution in [2.45, 2.75) is 6.92 Å². The van der Waals surface area contributed by atoms with Gasteiger partial charge in [0.05, 0.1) is 15.6 Å². The second-order valence-corrected chi connectivity index (χ2v) is 5.66. The van der Waals surface area contributed by atoms with Crippen LogP contribution in [0.2, 0.25) is 10.0 Å². The Labute approximate surface area is 129 Å². The van der Waals surface area contributed by atoms with Gasteiger partial charge < -0.3 is 5.32 Å². The lowest BCUT2D eigenvalue weighted by molar-refractivity contribution is 0.102. The van der Waals surface area contributed by atoms with Crippen LogP contribution in [0.1, 0.15) is 15.9 Å². The SMILES string of the molecule is Cc1cccc(C(=O)Nc2ccc(Cl)c(Br)c2)c1Cl. The maximum Gasteiger partial charge on any atom is 0.257 e. The summed E-state index contributed by atoms with van der Waals surface area (Å²) in [6.45, 7) is 1.86. The highest BCUT2D eigenvalue weighted by molar-refractivity contribution is 9.10. The smallest absolute Gasteiger partial charge is 0.257 e. The average molecular weight is 359 g/mol. The van der Waals surface area contributed by atoms with Crippen LogP contribution in [-0.2, 0) is 0 Å². The van der Waals surface area contributed by atoms with E-state index >= 15 is 0 Å². The molecule has 2 aromatic rings. The first-order valence-electron chi connectivity index (χ1n) is 5.50. The molecule has 2 rings (SSSR count). The largest absolute Gasteiger partial charge is 0.322 e. The molecule has 0 aliphatic heterocycles. The van der Waals surface area contributed by atoms with Crippen LogP contribution in [-0.4, -0.2) is 5.91 Å². The number of aryl methyl sites for hydroxylation is 1. The summed E-state index contributed by atoms with van der Waals surface area (Å²) >= 11 is 15.3. The Balaban J connectivity index is 2.26. The molecule has 2 nitrogen and oxygen atoms in total. The fourth-order valence-corrected chi connectivity index (χ4v) is 2.30. The molecule has 0 saturated heterocycles. The molecule has 0 heterocycles. The molecule has 0 radical (unpaired) electrons. The van der Waals surface area contributed by atoms with Gasteiger partial charge >= 0.3 is 0 Å². The third-order valence-electron chi connectivity index (χ3n) is 2.61. The molecule has 0 spiro atoms. The number of hydrogen-bond donors (Lipinski definition) is 1. The van der Waals surface area contributed by atoms with Gasteiger partial charge in [0.2, 0.25) is 0 Å². The summed E-state index contributed by atoms with van der Waals surface area (Å²) in [6.07, 6.45) is 0. The van der Waals surface area contributed by atoms with Gasteiger partial charge in [-0.05, 0) is 52.7 Å². The van der Waals surface area contributed by atoms with Gasteiger partial charge in [-0.25, -0.2) is 0 Å². The van der Waals surface area contributed by atoms with Gasteiger partial charge in [-0.2, -0.15) is 0 Å². The lowest BCUT2D eigenvalue weighted by Gasteiger charge is -2.09. The van der Waals surface area contributed by atoms with Crippen molar-refractivity contribution in [3.8, 4) is 0 Å². The van der Waals surface area contributed by atoms with Crippen molar-refractivity contribution < 1.29 is 4.79 Å². The van der Waals surface area contributed by atoms with Gasteiger partial charge in [0.1, 0.15) is 0 Å². The molecule has 19 heavy (non-hydrogen) atoms. The maximum absolute atomic E-state index is 12.1. The lowest BCUT2D eigenvalue weighted by Crippen LogP contribution is -2.12. The molecule has 0 fully saturated rings. The van der Waals surface area contributed by atoms with Gasteiger partial charge in [-0.3, -0.25) is 4.79 Å². The van der Waals surface area contributed by atoms with E-state index in [0.29, 0.717) is 21.3 Å². The number of rotatable bonds is 2. The number of carbonyl (C=O) groups excluding carboxylic acids is 1. The Kier molecular flexibility index (Phi) is 4.50. The number of carbonyl (C=O) groups is 1. The van der Waals surface area contributed by atoms with Crippen molar-refractivity contribution in [2.24, 2.45) is 0 Å². The van der Waals surface area contributed by atoms with Crippen LogP contribution in [0, 0.1) is 6.92 Å². The van der Waals surface area contributed by atoms with Crippen molar-refractivity contribution in [1.82, 2.24) is 0 Å². The Hall–Kier alpha value is -1.03. The monoisotopic (exact) mass is 357 g/mol. The van der Waals surface area contributed by atoms with Crippen molar-refractivity contribution in [3.05, 3.63) is 62.0 Å². The summed E-state index contributed by atoms with van der Waals surface area (Å²) in [7, 11) is 0. The predicted octanol–water partition coefficient (Wildman–Crippen LogP) is 5.32. The zero-order valence-corrected chi connectivity index (χ0v) is 13.1. The van der Waals surface area contributed by atoms with Crippen LogP contribution < -0.4 is 5.32 Å². The Bertz CT molecular complexity index is 643. The van der Waals surface area contributed by atoms with Crippen LogP contribution in [0.25, 0.3) is 0 Å². The van der Waals surface area contributed by atoms with Crippen LogP contribution in [0.15, 0.2) is 40.9 Å². The number of halogens is 3. The van der Waals surface area contributed by atoms with Crippen LogP contribution in [0.4, 0.5) is 5.69 Å². The molecule has 1 N–H and O–H groups in total. The molecule has 98 valence electrons. The van der Waals surface area contributed by atoms with Crippen LogP contribution >= 0.6 is 39.1 Å². The van der Waals surface area contributed by atoms with E-state index in [4.69, 9.17) is 23.2 Å². The van der Waals surface area contributed by atoms with Gasteiger partial charge in [-0.15, -0.1) is 0 Å². The number of nitrogens with one attached hydrogen (secondary N) is 1. The Morgan fingerprint density at radius 2 is 1.95 bits per heavy atom. The number of anilines is 1. The number of amides is 1. The van der Waals surface area contributed by atoms with E-state index in [1.54, 1.807) is 30.3 Å². The molecule has 0 aliphatic rings. The van der Waals surface area contributed by atoms with Crippen molar-refractivity contribution in [2.75, 3.05) is 5.32 Å². The van der Waals surface area contributed by atoms with Crippen LogP contribution in [0.3, 0.4) is 0 Å². The van der Waals surface area contributed by atoms with E-state index in [0.717, 1.165) is 10.0 Å². The van der Waals surface area contributed by atoms with E-state index in [1.165, 1.54) is 0 Å². The van der Waals surface area contributed by atoms with E-state index in [2.05, 4.69) is 21.2 Å². The van der Waals surface area contributed by atoms with Crippen molar-refractivity contribution >= 4 is 50.7 Å². The van der Waals surface area contributed by atoms with E-state index in [1.807, 2.05) is 13.0 Å². The quantitative estimate of drug-likeness (QED) is 0.773. The minimum absolute atomic E-state index is 0.247. The topological polar surface area (TPSA) is 29.1 Å². The molecule has 0 unspecified atom stereocenters.